The molecule has 2 aliphatic heterocycles. The summed E-state index contributed by atoms with van der Waals surface area (Å²) in [7, 11) is 0. The van der Waals surface area contributed by atoms with Crippen molar-refractivity contribution in [1.82, 2.24) is 14.9 Å². The number of rotatable bonds is 3. The molecule has 4 rings (SSSR count). The number of hydrogen-bond acceptors (Lipinski definition) is 4. The summed E-state index contributed by atoms with van der Waals surface area (Å²) in [5, 5.41) is 0. The Balaban J connectivity index is 1.39. The van der Waals surface area contributed by atoms with Crippen LogP contribution < -0.4 is 4.90 Å². The second kappa shape index (κ2) is 8.29. The van der Waals surface area contributed by atoms with E-state index in [1.165, 1.54) is 5.56 Å². The molecule has 0 saturated carbocycles. The molecule has 148 valence electrons. The average molecular weight is 379 g/mol. The largest absolute Gasteiger partial charge is 0.356 e. The predicted octanol–water partition coefficient (Wildman–Crippen LogP) is 3.93. The molecular weight excluding hydrogens is 348 g/mol. The first kappa shape index (κ1) is 18.9. The number of aryl methyl sites for hydroxylation is 1. The molecule has 2 fully saturated rings. The predicted molar refractivity (Wildman–Crippen MR) is 112 cm³/mol. The van der Waals surface area contributed by atoms with Crippen molar-refractivity contribution < 1.29 is 4.79 Å². The Morgan fingerprint density at radius 2 is 1.75 bits per heavy atom. The van der Waals surface area contributed by atoms with E-state index in [1.54, 1.807) is 6.33 Å². The van der Waals surface area contributed by atoms with Gasteiger partial charge in [0.05, 0.1) is 5.69 Å². The molecule has 2 aliphatic rings. The first-order chi connectivity index (χ1) is 13.6. The minimum atomic E-state index is 0.169. The van der Waals surface area contributed by atoms with E-state index in [4.69, 9.17) is 0 Å². The van der Waals surface area contributed by atoms with Crippen LogP contribution >= 0.6 is 0 Å². The van der Waals surface area contributed by atoms with Crippen molar-refractivity contribution in [3.8, 4) is 11.3 Å². The van der Waals surface area contributed by atoms with Gasteiger partial charge in [-0.2, -0.15) is 0 Å². The van der Waals surface area contributed by atoms with E-state index >= 15 is 0 Å². The average Bonchev–Trinajstić information content (AvgIpc) is 2.74. The Morgan fingerprint density at radius 1 is 1.00 bits per heavy atom. The lowest BCUT2D eigenvalue weighted by Gasteiger charge is -2.37. The molecule has 2 aromatic rings. The SMILES string of the molecule is Cc1cccc(-c2cc(N3CCC(C(=O)N4CCC(C)CC4)CC3)ncn2)c1. The lowest BCUT2D eigenvalue weighted by atomic mass is 9.92. The summed E-state index contributed by atoms with van der Waals surface area (Å²) in [6, 6.07) is 10.5. The number of carbonyl (C=O) groups excluding carboxylic acids is 1. The third kappa shape index (κ3) is 4.18. The summed E-state index contributed by atoms with van der Waals surface area (Å²) in [5.74, 6) is 2.26. The first-order valence-electron chi connectivity index (χ1n) is 10.5. The van der Waals surface area contributed by atoms with Gasteiger partial charge >= 0.3 is 0 Å². The van der Waals surface area contributed by atoms with Crippen molar-refractivity contribution in [3.63, 3.8) is 0 Å². The maximum Gasteiger partial charge on any atom is 0.225 e. The van der Waals surface area contributed by atoms with Gasteiger partial charge in [0.15, 0.2) is 0 Å². The first-order valence-corrected chi connectivity index (χ1v) is 10.5. The highest BCUT2D eigenvalue weighted by Crippen LogP contribution is 2.27. The zero-order chi connectivity index (χ0) is 19.5. The van der Waals surface area contributed by atoms with Gasteiger partial charge in [0.25, 0.3) is 0 Å². The number of anilines is 1. The van der Waals surface area contributed by atoms with E-state index in [-0.39, 0.29) is 5.92 Å². The Labute approximate surface area is 167 Å². The van der Waals surface area contributed by atoms with Gasteiger partial charge in [-0.15, -0.1) is 0 Å². The van der Waals surface area contributed by atoms with Gasteiger partial charge in [0, 0.05) is 43.7 Å². The minimum Gasteiger partial charge on any atom is -0.356 e. The van der Waals surface area contributed by atoms with Crippen LogP contribution in [0.15, 0.2) is 36.7 Å². The molecule has 0 aliphatic carbocycles. The van der Waals surface area contributed by atoms with Crippen LogP contribution in [0.3, 0.4) is 0 Å². The molecule has 0 N–H and O–H groups in total. The number of likely N-dealkylation sites (tertiary alicyclic amines) is 1. The van der Waals surface area contributed by atoms with Crippen molar-refractivity contribution in [2.24, 2.45) is 11.8 Å². The van der Waals surface area contributed by atoms with Crippen LogP contribution in [0, 0.1) is 18.8 Å². The quantitative estimate of drug-likeness (QED) is 0.812. The van der Waals surface area contributed by atoms with Gasteiger partial charge in [-0.1, -0.05) is 30.7 Å². The number of benzene rings is 1. The highest BCUT2D eigenvalue weighted by molar-refractivity contribution is 5.79. The fourth-order valence-corrected chi connectivity index (χ4v) is 4.32. The lowest BCUT2D eigenvalue weighted by Crippen LogP contribution is -2.45. The normalized spacial score (nSPS) is 19.1. The standard InChI is InChI=1S/C23H30N4O/c1-17-6-10-27(11-7-17)23(28)19-8-12-26(13-9-19)22-15-21(24-16-25-22)20-5-3-4-18(2)14-20/h3-5,14-17,19H,6-13H2,1-2H3. The second-order valence-corrected chi connectivity index (χ2v) is 8.40. The molecule has 5 nitrogen and oxygen atoms in total. The van der Waals surface area contributed by atoms with Gasteiger partial charge < -0.3 is 9.80 Å². The maximum atomic E-state index is 12.9. The van der Waals surface area contributed by atoms with Crippen LogP contribution in [0.4, 0.5) is 5.82 Å². The van der Waals surface area contributed by atoms with E-state index in [2.05, 4.69) is 63.9 Å². The Morgan fingerprint density at radius 3 is 2.46 bits per heavy atom. The van der Waals surface area contributed by atoms with Crippen molar-refractivity contribution >= 4 is 11.7 Å². The van der Waals surface area contributed by atoms with Crippen LogP contribution in [0.2, 0.25) is 0 Å². The van der Waals surface area contributed by atoms with Gasteiger partial charge in [0.2, 0.25) is 5.91 Å². The number of piperidine rings is 2. The van der Waals surface area contributed by atoms with E-state index in [0.717, 1.165) is 74.9 Å². The monoisotopic (exact) mass is 378 g/mol. The van der Waals surface area contributed by atoms with Gasteiger partial charge in [-0.25, -0.2) is 9.97 Å². The summed E-state index contributed by atoms with van der Waals surface area (Å²) in [5.41, 5.74) is 3.30. The van der Waals surface area contributed by atoms with Gasteiger partial charge in [-0.3, -0.25) is 4.79 Å². The smallest absolute Gasteiger partial charge is 0.225 e. The topological polar surface area (TPSA) is 49.3 Å². The molecule has 0 atom stereocenters. The Bertz CT molecular complexity index is 821. The molecule has 0 unspecified atom stereocenters. The molecule has 1 amide bonds. The highest BCUT2D eigenvalue weighted by atomic mass is 16.2. The van der Waals surface area contributed by atoms with Gasteiger partial charge in [-0.05, 0) is 44.6 Å². The fourth-order valence-electron chi connectivity index (χ4n) is 4.32. The molecule has 1 aromatic carbocycles. The van der Waals surface area contributed by atoms with Crippen LogP contribution in [-0.2, 0) is 4.79 Å². The minimum absolute atomic E-state index is 0.169. The molecule has 3 heterocycles. The zero-order valence-electron chi connectivity index (χ0n) is 17.0. The number of nitrogens with zero attached hydrogens (tertiary/aromatic N) is 4. The summed E-state index contributed by atoms with van der Waals surface area (Å²) < 4.78 is 0. The van der Waals surface area contributed by atoms with Crippen LogP contribution in [-0.4, -0.2) is 47.0 Å². The van der Waals surface area contributed by atoms with E-state index in [0.29, 0.717) is 5.91 Å². The highest BCUT2D eigenvalue weighted by Gasteiger charge is 2.30. The number of hydrogen-bond donors (Lipinski definition) is 0. The molecular formula is C23H30N4O. The maximum absolute atomic E-state index is 12.9. The van der Waals surface area contributed by atoms with Crippen LogP contribution in [0.25, 0.3) is 11.3 Å². The van der Waals surface area contributed by atoms with Crippen molar-refractivity contribution in [2.75, 3.05) is 31.1 Å². The number of aromatic nitrogens is 2. The summed E-state index contributed by atoms with van der Waals surface area (Å²) >= 11 is 0. The molecule has 0 spiro atoms. The Kier molecular flexibility index (Phi) is 5.60. The molecule has 0 bridgehead atoms. The summed E-state index contributed by atoms with van der Waals surface area (Å²) in [4.78, 5) is 26.2. The zero-order valence-corrected chi connectivity index (χ0v) is 17.0. The molecule has 1 aromatic heterocycles. The van der Waals surface area contributed by atoms with Gasteiger partial charge in [0.1, 0.15) is 12.1 Å². The number of amides is 1. The third-order valence-corrected chi connectivity index (χ3v) is 6.23. The van der Waals surface area contributed by atoms with Crippen LogP contribution in [0.5, 0.6) is 0 Å². The number of carbonyl (C=O) groups is 1. The summed E-state index contributed by atoms with van der Waals surface area (Å²) in [6.45, 7) is 8.01. The molecule has 5 heteroatoms. The van der Waals surface area contributed by atoms with Crippen molar-refractivity contribution in [2.45, 2.75) is 39.5 Å². The van der Waals surface area contributed by atoms with E-state index < -0.39 is 0 Å². The summed E-state index contributed by atoms with van der Waals surface area (Å²) in [6.07, 6.45) is 5.77. The molecule has 28 heavy (non-hydrogen) atoms. The van der Waals surface area contributed by atoms with Crippen LogP contribution in [0.1, 0.15) is 38.2 Å². The molecule has 0 radical (unpaired) electrons. The van der Waals surface area contributed by atoms with E-state index in [1.807, 2.05) is 0 Å². The third-order valence-electron chi connectivity index (χ3n) is 6.23. The lowest BCUT2D eigenvalue weighted by molar-refractivity contribution is -0.137. The van der Waals surface area contributed by atoms with Crippen molar-refractivity contribution in [3.05, 3.63) is 42.2 Å². The van der Waals surface area contributed by atoms with Crippen molar-refractivity contribution in [1.29, 1.82) is 0 Å². The molecule has 2 saturated heterocycles. The second-order valence-electron chi connectivity index (χ2n) is 8.40. The fraction of sp³-hybridized carbons (Fsp3) is 0.522. The Hall–Kier alpha value is -2.43. The van der Waals surface area contributed by atoms with E-state index in [9.17, 15) is 4.79 Å².